The van der Waals surface area contributed by atoms with E-state index in [0.29, 0.717) is 11.4 Å². The van der Waals surface area contributed by atoms with E-state index in [4.69, 9.17) is 5.73 Å². The minimum Gasteiger partial charge on any atom is -0.383 e. The van der Waals surface area contributed by atoms with Crippen LogP contribution in [0.3, 0.4) is 0 Å². The van der Waals surface area contributed by atoms with Gasteiger partial charge in [0.1, 0.15) is 11.6 Å². The number of carbonyl (C=O) groups excluding carboxylic acids is 1. The minimum absolute atomic E-state index is 0.162. The number of rotatable bonds is 2. The largest absolute Gasteiger partial charge is 0.383 e. The van der Waals surface area contributed by atoms with Gasteiger partial charge in [-0.15, -0.1) is 0 Å². The second-order valence-electron chi connectivity index (χ2n) is 5.93. The molecule has 0 aliphatic carbocycles. The molecule has 120 valence electrons. The average Bonchev–Trinajstić information content (AvgIpc) is 2.99. The Morgan fingerprint density at radius 1 is 1.29 bits per heavy atom. The lowest BCUT2D eigenvalue weighted by Crippen LogP contribution is -2.41. The first-order chi connectivity index (χ1) is 11.6. The van der Waals surface area contributed by atoms with Gasteiger partial charge >= 0.3 is 0 Å². The lowest BCUT2D eigenvalue weighted by Gasteiger charge is -2.19. The van der Waals surface area contributed by atoms with E-state index in [1.54, 1.807) is 17.3 Å². The molecule has 1 aliphatic heterocycles. The van der Waals surface area contributed by atoms with E-state index < -0.39 is 0 Å². The van der Waals surface area contributed by atoms with Crippen molar-refractivity contribution in [2.45, 2.75) is 13.3 Å². The molecule has 3 aromatic rings. The van der Waals surface area contributed by atoms with Crippen LogP contribution in [0.5, 0.6) is 0 Å². The summed E-state index contributed by atoms with van der Waals surface area (Å²) in [5.74, 6) is 1.17. The first-order valence-corrected chi connectivity index (χ1v) is 7.81. The van der Waals surface area contributed by atoms with Gasteiger partial charge in [0, 0.05) is 23.7 Å². The fraction of sp³-hybridized carbons (Fsp3) is 0.167. The molecular formula is C18H17N5O. The van der Waals surface area contributed by atoms with Crippen molar-refractivity contribution in [1.29, 1.82) is 0 Å². The third-order valence-corrected chi connectivity index (χ3v) is 4.27. The number of hydrogen-bond donors (Lipinski definition) is 2. The highest BCUT2D eigenvalue weighted by Gasteiger charge is 2.22. The van der Waals surface area contributed by atoms with E-state index >= 15 is 0 Å². The number of anilines is 2. The fourth-order valence-electron chi connectivity index (χ4n) is 2.94. The lowest BCUT2D eigenvalue weighted by atomic mass is 10.1. The zero-order valence-electron chi connectivity index (χ0n) is 13.3. The highest BCUT2D eigenvalue weighted by atomic mass is 16.2. The monoisotopic (exact) mass is 319 g/mol. The fourth-order valence-corrected chi connectivity index (χ4v) is 2.94. The van der Waals surface area contributed by atoms with Gasteiger partial charge in [0.15, 0.2) is 0 Å². The lowest BCUT2D eigenvalue weighted by molar-refractivity contribution is 0.0949. The molecule has 0 saturated carbocycles. The molecule has 2 aromatic heterocycles. The Morgan fingerprint density at radius 3 is 3.04 bits per heavy atom. The molecule has 1 aromatic carbocycles. The summed E-state index contributed by atoms with van der Waals surface area (Å²) in [5.41, 5.74) is 12.2. The van der Waals surface area contributed by atoms with Crippen molar-refractivity contribution in [3.8, 4) is 0 Å². The van der Waals surface area contributed by atoms with Crippen LogP contribution in [0.15, 0.2) is 42.6 Å². The van der Waals surface area contributed by atoms with Gasteiger partial charge in [-0.25, -0.2) is 9.97 Å². The highest BCUT2D eigenvalue weighted by molar-refractivity contribution is 5.99. The molecule has 1 aliphatic rings. The van der Waals surface area contributed by atoms with E-state index in [9.17, 15) is 4.79 Å². The molecule has 0 atom stereocenters. The van der Waals surface area contributed by atoms with Crippen LogP contribution in [0.4, 0.5) is 11.6 Å². The molecule has 0 fully saturated rings. The maximum atomic E-state index is 12.6. The van der Waals surface area contributed by atoms with Crippen LogP contribution in [0.1, 0.15) is 21.5 Å². The van der Waals surface area contributed by atoms with Crippen LogP contribution >= 0.6 is 0 Å². The number of aryl methyl sites for hydroxylation is 1. The highest BCUT2D eigenvalue weighted by Crippen LogP contribution is 2.23. The standard InChI is InChI=1S/C18H17N5O/c1-11-9-14-10-13(4-5-15(14)21-16(11)19)18(24)22-23-8-6-12-3-2-7-20-17(12)23/h2-5,7,9-10H,6,8H2,1H3,(H2,19,21)(H,22,24). The zero-order chi connectivity index (χ0) is 16.7. The Bertz CT molecular complexity index is 953. The number of hydrogen-bond acceptors (Lipinski definition) is 5. The van der Waals surface area contributed by atoms with Crippen LogP contribution in [0, 0.1) is 6.92 Å². The predicted molar refractivity (Wildman–Crippen MR) is 93.6 cm³/mol. The topological polar surface area (TPSA) is 84.1 Å². The number of fused-ring (bicyclic) bond motifs is 2. The summed E-state index contributed by atoms with van der Waals surface area (Å²) in [6.45, 7) is 2.63. The molecule has 0 radical (unpaired) electrons. The van der Waals surface area contributed by atoms with E-state index in [2.05, 4.69) is 15.4 Å². The van der Waals surface area contributed by atoms with Gasteiger partial charge in [0.05, 0.1) is 5.52 Å². The van der Waals surface area contributed by atoms with Crippen LogP contribution in [0.2, 0.25) is 0 Å². The maximum absolute atomic E-state index is 12.6. The number of nitrogens with one attached hydrogen (secondary N) is 1. The summed E-state index contributed by atoms with van der Waals surface area (Å²) in [4.78, 5) is 21.3. The smallest absolute Gasteiger partial charge is 0.269 e. The molecule has 4 rings (SSSR count). The van der Waals surface area contributed by atoms with Gasteiger partial charge in [0.25, 0.3) is 5.91 Å². The van der Waals surface area contributed by atoms with E-state index in [-0.39, 0.29) is 5.91 Å². The molecule has 0 bridgehead atoms. The number of nitrogens with zero attached hydrogens (tertiary/aromatic N) is 3. The van der Waals surface area contributed by atoms with Crippen molar-refractivity contribution in [3.05, 3.63) is 59.3 Å². The molecule has 1 amide bonds. The van der Waals surface area contributed by atoms with Gasteiger partial charge in [-0.05, 0) is 54.8 Å². The molecule has 0 spiro atoms. The van der Waals surface area contributed by atoms with Gasteiger partial charge < -0.3 is 5.73 Å². The van der Waals surface area contributed by atoms with Gasteiger partial charge in [-0.1, -0.05) is 6.07 Å². The minimum atomic E-state index is -0.162. The zero-order valence-corrected chi connectivity index (χ0v) is 13.3. The molecule has 6 heteroatoms. The maximum Gasteiger partial charge on any atom is 0.269 e. The number of aromatic nitrogens is 2. The third kappa shape index (κ3) is 2.42. The van der Waals surface area contributed by atoms with E-state index in [1.807, 2.05) is 37.3 Å². The van der Waals surface area contributed by atoms with Crippen LogP contribution in [-0.4, -0.2) is 22.4 Å². The summed E-state index contributed by atoms with van der Waals surface area (Å²) in [6, 6.07) is 11.3. The molecule has 6 nitrogen and oxygen atoms in total. The molecule has 0 unspecified atom stereocenters. The number of pyridine rings is 2. The first-order valence-electron chi connectivity index (χ1n) is 7.81. The van der Waals surface area contributed by atoms with Gasteiger partial charge in [-0.3, -0.25) is 15.2 Å². The third-order valence-electron chi connectivity index (χ3n) is 4.27. The van der Waals surface area contributed by atoms with Crippen LogP contribution in [-0.2, 0) is 6.42 Å². The molecule has 3 N–H and O–H groups in total. The normalized spacial score (nSPS) is 13.1. The van der Waals surface area contributed by atoms with Gasteiger partial charge in [0.2, 0.25) is 0 Å². The molecule has 3 heterocycles. The summed E-state index contributed by atoms with van der Waals surface area (Å²) < 4.78 is 0. The SMILES string of the molecule is Cc1cc2cc(C(=O)NN3CCc4cccnc43)ccc2nc1N. The Balaban J connectivity index is 1.61. The number of hydrazine groups is 1. The molecule has 24 heavy (non-hydrogen) atoms. The number of carbonyl (C=O) groups is 1. The Morgan fingerprint density at radius 2 is 2.17 bits per heavy atom. The van der Waals surface area contributed by atoms with Crippen molar-refractivity contribution in [3.63, 3.8) is 0 Å². The Kier molecular flexibility index (Phi) is 3.30. The summed E-state index contributed by atoms with van der Waals surface area (Å²) in [6.07, 6.45) is 2.61. The van der Waals surface area contributed by atoms with E-state index in [0.717, 1.165) is 40.8 Å². The predicted octanol–water partition coefficient (Wildman–Crippen LogP) is 2.23. The van der Waals surface area contributed by atoms with Crippen molar-refractivity contribution in [2.75, 3.05) is 17.3 Å². The number of benzene rings is 1. The van der Waals surface area contributed by atoms with E-state index in [1.165, 1.54) is 0 Å². The quantitative estimate of drug-likeness (QED) is 0.756. The second-order valence-corrected chi connectivity index (χ2v) is 5.93. The Labute approximate surface area is 139 Å². The summed E-state index contributed by atoms with van der Waals surface area (Å²) in [7, 11) is 0. The summed E-state index contributed by atoms with van der Waals surface area (Å²) in [5, 5.41) is 2.70. The average molecular weight is 319 g/mol. The number of nitrogens with two attached hydrogens (primary N) is 1. The van der Waals surface area contributed by atoms with Crippen LogP contribution < -0.4 is 16.2 Å². The second kappa shape index (κ2) is 5.49. The Hall–Kier alpha value is -3.15. The number of nitrogen functional groups attached to an aromatic ring is 1. The van der Waals surface area contributed by atoms with Crippen molar-refractivity contribution in [2.24, 2.45) is 0 Å². The number of amides is 1. The summed E-state index contributed by atoms with van der Waals surface area (Å²) >= 11 is 0. The van der Waals surface area contributed by atoms with Crippen LogP contribution in [0.25, 0.3) is 10.9 Å². The molecule has 0 saturated heterocycles. The van der Waals surface area contributed by atoms with Crippen molar-refractivity contribution in [1.82, 2.24) is 15.4 Å². The van der Waals surface area contributed by atoms with Crippen molar-refractivity contribution < 1.29 is 4.79 Å². The van der Waals surface area contributed by atoms with Gasteiger partial charge in [-0.2, -0.15) is 0 Å². The molecular weight excluding hydrogens is 302 g/mol. The van der Waals surface area contributed by atoms with Crippen molar-refractivity contribution >= 4 is 28.4 Å². The first kappa shape index (κ1) is 14.4.